The van der Waals surface area contributed by atoms with Gasteiger partial charge in [-0.05, 0) is 18.1 Å². The standard InChI is InChI=1S/C12H18N4/c1-3-7-16-12(4-6-14-16)13-9-11-5-8-15(2)10-11/h4-6,8,10,13H,3,7,9H2,1-2H3. The van der Waals surface area contributed by atoms with Gasteiger partial charge in [-0.1, -0.05) is 6.92 Å². The molecular formula is C12H18N4. The van der Waals surface area contributed by atoms with E-state index in [1.807, 2.05) is 24.0 Å². The van der Waals surface area contributed by atoms with Gasteiger partial charge in [-0.2, -0.15) is 5.10 Å². The average molecular weight is 218 g/mol. The highest BCUT2D eigenvalue weighted by atomic mass is 15.3. The Bertz CT molecular complexity index is 441. The summed E-state index contributed by atoms with van der Waals surface area (Å²) < 4.78 is 4.06. The zero-order valence-corrected chi connectivity index (χ0v) is 9.85. The van der Waals surface area contributed by atoms with Crippen molar-refractivity contribution in [2.24, 2.45) is 7.05 Å². The van der Waals surface area contributed by atoms with E-state index in [1.165, 1.54) is 5.56 Å². The molecule has 16 heavy (non-hydrogen) atoms. The van der Waals surface area contributed by atoms with Gasteiger partial charge in [-0.25, -0.2) is 4.68 Å². The minimum Gasteiger partial charge on any atom is -0.366 e. The van der Waals surface area contributed by atoms with Gasteiger partial charge in [-0.3, -0.25) is 0 Å². The van der Waals surface area contributed by atoms with E-state index in [0.29, 0.717) is 0 Å². The molecular weight excluding hydrogens is 200 g/mol. The minimum absolute atomic E-state index is 0.843. The first-order valence-corrected chi connectivity index (χ1v) is 5.66. The van der Waals surface area contributed by atoms with Crippen molar-refractivity contribution in [2.75, 3.05) is 5.32 Å². The Morgan fingerprint density at radius 1 is 1.38 bits per heavy atom. The molecule has 2 aromatic rings. The SMILES string of the molecule is CCCn1nccc1NCc1ccn(C)c1. The molecule has 2 heterocycles. The maximum atomic E-state index is 4.27. The van der Waals surface area contributed by atoms with Crippen molar-refractivity contribution in [3.63, 3.8) is 0 Å². The number of aromatic nitrogens is 3. The molecule has 2 rings (SSSR count). The van der Waals surface area contributed by atoms with Gasteiger partial charge in [0.25, 0.3) is 0 Å². The Morgan fingerprint density at radius 2 is 2.25 bits per heavy atom. The zero-order chi connectivity index (χ0) is 11.4. The van der Waals surface area contributed by atoms with Gasteiger partial charge in [0.1, 0.15) is 5.82 Å². The van der Waals surface area contributed by atoms with E-state index < -0.39 is 0 Å². The third-order valence-electron chi connectivity index (χ3n) is 2.52. The molecule has 0 unspecified atom stereocenters. The van der Waals surface area contributed by atoms with E-state index >= 15 is 0 Å². The van der Waals surface area contributed by atoms with Crippen molar-refractivity contribution in [3.8, 4) is 0 Å². The molecule has 0 atom stereocenters. The average Bonchev–Trinajstić information content (AvgIpc) is 2.85. The van der Waals surface area contributed by atoms with Crippen LogP contribution in [-0.4, -0.2) is 14.3 Å². The lowest BCUT2D eigenvalue weighted by atomic mass is 10.3. The van der Waals surface area contributed by atoms with E-state index in [-0.39, 0.29) is 0 Å². The van der Waals surface area contributed by atoms with E-state index in [0.717, 1.165) is 25.3 Å². The predicted molar refractivity (Wildman–Crippen MR) is 65.3 cm³/mol. The molecule has 0 fully saturated rings. The van der Waals surface area contributed by atoms with Crippen LogP contribution in [0.4, 0.5) is 5.82 Å². The summed E-state index contributed by atoms with van der Waals surface area (Å²) in [4.78, 5) is 0. The van der Waals surface area contributed by atoms with Gasteiger partial charge in [-0.15, -0.1) is 0 Å². The Labute approximate surface area is 95.9 Å². The maximum Gasteiger partial charge on any atom is 0.124 e. The largest absolute Gasteiger partial charge is 0.366 e. The van der Waals surface area contributed by atoms with E-state index in [2.05, 4.69) is 40.4 Å². The van der Waals surface area contributed by atoms with E-state index in [4.69, 9.17) is 0 Å². The highest BCUT2D eigenvalue weighted by Gasteiger charge is 2.01. The second-order valence-electron chi connectivity index (χ2n) is 3.98. The number of hydrogen-bond donors (Lipinski definition) is 1. The quantitative estimate of drug-likeness (QED) is 0.835. The zero-order valence-electron chi connectivity index (χ0n) is 9.85. The second-order valence-corrected chi connectivity index (χ2v) is 3.98. The smallest absolute Gasteiger partial charge is 0.124 e. The number of hydrogen-bond acceptors (Lipinski definition) is 2. The van der Waals surface area contributed by atoms with E-state index in [9.17, 15) is 0 Å². The van der Waals surface area contributed by atoms with E-state index in [1.54, 1.807) is 0 Å². The molecule has 0 aliphatic rings. The third kappa shape index (κ3) is 2.45. The molecule has 0 aliphatic heterocycles. The molecule has 0 aromatic carbocycles. The van der Waals surface area contributed by atoms with Crippen molar-refractivity contribution >= 4 is 5.82 Å². The number of nitrogens with zero attached hydrogens (tertiary/aromatic N) is 3. The van der Waals surface area contributed by atoms with Crippen LogP contribution in [-0.2, 0) is 20.1 Å². The molecule has 0 aliphatic carbocycles. The highest BCUT2D eigenvalue weighted by Crippen LogP contribution is 2.09. The summed E-state index contributed by atoms with van der Waals surface area (Å²) in [6.07, 6.45) is 7.11. The van der Waals surface area contributed by atoms with Crippen molar-refractivity contribution in [1.29, 1.82) is 0 Å². The van der Waals surface area contributed by atoms with Crippen LogP contribution >= 0.6 is 0 Å². The lowest BCUT2D eigenvalue weighted by molar-refractivity contribution is 0.607. The van der Waals surface area contributed by atoms with Crippen LogP contribution in [0.15, 0.2) is 30.7 Å². The van der Waals surface area contributed by atoms with Crippen LogP contribution < -0.4 is 5.32 Å². The summed E-state index contributed by atoms with van der Waals surface area (Å²) in [6.45, 7) is 3.96. The van der Waals surface area contributed by atoms with Crippen molar-refractivity contribution in [3.05, 3.63) is 36.3 Å². The summed E-state index contributed by atoms with van der Waals surface area (Å²) in [5.74, 6) is 1.09. The molecule has 0 bridgehead atoms. The van der Waals surface area contributed by atoms with Crippen LogP contribution in [0, 0.1) is 0 Å². The lowest BCUT2D eigenvalue weighted by Gasteiger charge is -2.07. The molecule has 0 radical (unpaired) electrons. The van der Waals surface area contributed by atoms with Crippen LogP contribution in [0.1, 0.15) is 18.9 Å². The van der Waals surface area contributed by atoms with Gasteiger partial charge in [0, 0.05) is 38.6 Å². The van der Waals surface area contributed by atoms with Gasteiger partial charge < -0.3 is 9.88 Å². The monoisotopic (exact) mass is 218 g/mol. The number of rotatable bonds is 5. The fourth-order valence-corrected chi connectivity index (χ4v) is 1.73. The number of anilines is 1. The van der Waals surface area contributed by atoms with Gasteiger partial charge in [0.15, 0.2) is 0 Å². The molecule has 0 spiro atoms. The highest BCUT2D eigenvalue weighted by molar-refractivity contribution is 5.35. The fraction of sp³-hybridized carbons (Fsp3) is 0.417. The number of aryl methyl sites for hydroxylation is 2. The predicted octanol–water partition coefficient (Wildman–Crippen LogP) is 2.24. The van der Waals surface area contributed by atoms with Crippen LogP contribution in [0.3, 0.4) is 0 Å². The summed E-state index contributed by atoms with van der Waals surface area (Å²) in [6, 6.07) is 4.13. The maximum absolute atomic E-state index is 4.27. The van der Waals surface area contributed by atoms with Crippen LogP contribution in [0.5, 0.6) is 0 Å². The summed E-state index contributed by atoms with van der Waals surface area (Å²) in [7, 11) is 2.03. The van der Waals surface area contributed by atoms with Gasteiger partial charge >= 0.3 is 0 Å². The van der Waals surface area contributed by atoms with Gasteiger partial charge in [0.2, 0.25) is 0 Å². The Balaban J connectivity index is 1.96. The second kappa shape index (κ2) is 4.88. The molecule has 0 amide bonds. The fourth-order valence-electron chi connectivity index (χ4n) is 1.73. The van der Waals surface area contributed by atoms with Gasteiger partial charge in [0.05, 0.1) is 6.20 Å². The molecule has 86 valence electrons. The van der Waals surface area contributed by atoms with Crippen LogP contribution in [0.2, 0.25) is 0 Å². The first-order valence-electron chi connectivity index (χ1n) is 5.66. The number of nitrogens with one attached hydrogen (secondary N) is 1. The van der Waals surface area contributed by atoms with Crippen molar-refractivity contribution in [1.82, 2.24) is 14.3 Å². The summed E-state index contributed by atoms with van der Waals surface area (Å²) in [5.41, 5.74) is 1.28. The third-order valence-corrected chi connectivity index (χ3v) is 2.52. The minimum atomic E-state index is 0.843. The topological polar surface area (TPSA) is 34.8 Å². The molecule has 4 heteroatoms. The first-order chi connectivity index (χ1) is 7.79. The molecule has 1 N–H and O–H groups in total. The summed E-state index contributed by atoms with van der Waals surface area (Å²) >= 11 is 0. The normalized spacial score (nSPS) is 10.6. The lowest BCUT2D eigenvalue weighted by Crippen LogP contribution is -2.07. The Hall–Kier alpha value is -1.71. The molecule has 2 aromatic heterocycles. The molecule has 0 saturated heterocycles. The Morgan fingerprint density at radius 3 is 2.94 bits per heavy atom. The van der Waals surface area contributed by atoms with Crippen molar-refractivity contribution in [2.45, 2.75) is 26.4 Å². The summed E-state index contributed by atoms with van der Waals surface area (Å²) in [5, 5.41) is 7.67. The first kappa shape index (κ1) is 10.8. The van der Waals surface area contributed by atoms with Crippen LogP contribution in [0.25, 0.3) is 0 Å². The molecule has 4 nitrogen and oxygen atoms in total. The Kier molecular flexibility index (Phi) is 3.29. The molecule has 0 saturated carbocycles. The van der Waals surface area contributed by atoms with Crippen molar-refractivity contribution < 1.29 is 0 Å².